The van der Waals surface area contributed by atoms with Gasteiger partial charge in [-0.05, 0) is 44.5 Å². The van der Waals surface area contributed by atoms with E-state index in [0.717, 1.165) is 25.5 Å². The van der Waals surface area contributed by atoms with E-state index in [0.29, 0.717) is 11.1 Å². The topological polar surface area (TPSA) is 41.1 Å². The average Bonchev–Trinajstić information content (AvgIpc) is 2.28. The standard InChI is InChI=1S/C13H16ClFN2O.ClH/c1-8-6-10(4-5-16-8)17-13(18)11-3-2-9(14)7-12(11)15;/h2-3,7-8,10,16H,4-6H2,1H3,(H,17,18);1H. The van der Waals surface area contributed by atoms with Crippen molar-refractivity contribution in [2.24, 2.45) is 0 Å². The summed E-state index contributed by atoms with van der Waals surface area (Å²) in [6, 6.07) is 4.56. The van der Waals surface area contributed by atoms with Crippen LogP contribution >= 0.6 is 24.0 Å². The molecule has 19 heavy (non-hydrogen) atoms. The van der Waals surface area contributed by atoms with Crippen molar-refractivity contribution in [3.8, 4) is 0 Å². The van der Waals surface area contributed by atoms with Crippen molar-refractivity contribution in [2.45, 2.75) is 31.8 Å². The summed E-state index contributed by atoms with van der Waals surface area (Å²) in [5.41, 5.74) is 0.0468. The predicted molar refractivity (Wildman–Crippen MR) is 76.6 cm³/mol. The zero-order valence-electron chi connectivity index (χ0n) is 10.6. The summed E-state index contributed by atoms with van der Waals surface area (Å²) in [4.78, 5) is 11.9. The van der Waals surface area contributed by atoms with Crippen LogP contribution in [0, 0.1) is 5.82 Å². The molecule has 2 N–H and O–H groups in total. The Hall–Kier alpha value is -0.840. The Morgan fingerprint density at radius 3 is 2.89 bits per heavy atom. The van der Waals surface area contributed by atoms with E-state index in [9.17, 15) is 9.18 Å². The van der Waals surface area contributed by atoms with E-state index in [-0.39, 0.29) is 29.9 Å². The molecule has 1 aliphatic heterocycles. The summed E-state index contributed by atoms with van der Waals surface area (Å²) in [5.74, 6) is -0.953. The third-order valence-electron chi connectivity index (χ3n) is 3.13. The minimum absolute atomic E-state index is 0. The minimum Gasteiger partial charge on any atom is -0.349 e. The van der Waals surface area contributed by atoms with E-state index in [1.165, 1.54) is 12.1 Å². The normalized spacial score (nSPS) is 22.5. The number of rotatable bonds is 2. The number of carbonyl (C=O) groups excluding carboxylic acids is 1. The molecule has 0 spiro atoms. The Morgan fingerprint density at radius 2 is 2.26 bits per heavy atom. The predicted octanol–water partition coefficient (Wildman–Crippen LogP) is 2.77. The van der Waals surface area contributed by atoms with Crippen molar-refractivity contribution < 1.29 is 9.18 Å². The van der Waals surface area contributed by atoms with Crippen molar-refractivity contribution in [1.29, 1.82) is 0 Å². The summed E-state index contributed by atoms with van der Waals surface area (Å²) < 4.78 is 13.6. The Bertz CT molecular complexity index is 456. The van der Waals surface area contributed by atoms with Crippen LogP contribution in [0.1, 0.15) is 30.1 Å². The lowest BCUT2D eigenvalue weighted by molar-refractivity contribution is 0.0921. The lowest BCUT2D eigenvalue weighted by atomic mass is 10.0. The molecule has 1 fully saturated rings. The molecule has 2 rings (SSSR count). The molecular weight excluding hydrogens is 290 g/mol. The van der Waals surface area contributed by atoms with Crippen LogP contribution in [0.15, 0.2) is 18.2 Å². The van der Waals surface area contributed by atoms with Gasteiger partial charge in [-0.25, -0.2) is 4.39 Å². The summed E-state index contributed by atoms with van der Waals surface area (Å²) in [7, 11) is 0. The number of halogens is 3. The molecule has 0 bridgehead atoms. The Morgan fingerprint density at radius 1 is 1.53 bits per heavy atom. The van der Waals surface area contributed by atoms with Crippen molar-refractivity contribution in [3.63, 3.8) is 0 Å². The molecule has 0 radical (unpaired) electrons. The molecular formula is C13H17Cl2FN2O. The number of amides is 1. The smallest absolute Gasteiger partial charge is 0.254 e. The number of carbonyl (C=O) groups is 1. The Labute approximate surface area is 123 Å². The molecule has 1 aromatic carbocycles. The maximum atomic E-state index is 13.6. The molecule has 6 heteroatoms. The quantitative estimate of drug-likeness (QED) is 0.882. The number of benzene rings is 1. The second kappa shape index (κ2) is 7.08. The monoisotopic (exact) mass is 306 g/mol. The van der Waals surface area contributed by atoms with Crippen LogP contribution in [-0.2, 0) is 0 Å². The highest BCUT2D eigenvalue weighted by molar-refractivity contribution is 6.30. The van der Waals surface area contributed by atoms with Gasteiger partial charge in [0.25, 0.3) is 5.91 Å². The number of piperidine rings is 1. The van der Waals surface area contributed by atoms with Crippen molar-refractivity contribution >= 4 is 29.9 Å². The van der Waals surface area contributed by atoms with Gasteiger partial charge >= 0.3 is 0 Å². The van der Waals surface area contributed by atoms with Crippen molar-refractivity contribution in [2.75, 3.05) is 6.54 Å². The maximum absolute atomic E-state index is 13.6. The van der Waals surface area contributed by atoms with Crippen molar-refractivity contribution in [3.05, 3.63) is 34.6 Å². The van der Waals surface area contributed by atoms with Gasteiger partial charge in [0.2, 0.25) is 0 Å². The summed E-state index contributed by atoms with van der Waals surface area (Å²) in [6.45, 7) is 2.94. The first kappa shape index (κ1) is 16.2. The summed E-state index contributed by atoms with van der Waals surface area (Å²) in [5, 5.41) is 6.46. The fourth-order valence-corrected chi connectivity index (χ4v) is 2.36. The van der Waals surface area contributed by atoms with Crippen LogP contribution in [0.5, 0.6) is 0 Å². The highest BCUT2D eigenvalue weighted by atomic mass is 35.5. The average molecular weight is 307 g/mol. The van der Waals surface area contributed by atoms with Gasteiger partial charge in [0.15, 0.2) is 0 Å². The van der Waals surface area contributed by atoms with E-state index in [2.05, 4.69) is 17.6 Å². The number of nitrogens with one attached hydrogen (secondary N) is 2. The Balaban J connectivity index is 0.00000180. The second-order valence-electron chi connectivity index (χ2n) is 4.67. The van der Waals surface area contributed by atoms with E-state index in [4.69, 9.17) is 11.6 Å². The lowest BCUT2D eigenvalue weighted by Gasteiger charge is -2.28. The fraction of sp³-hybridized carbons (Fsp3) is 0.462. The third-order valence-corrected chi connectivity index (χ3v) is 3.37. The third kappa shape index (κ3) is 4.34. The SMILES string of the molecule is CC1CC(NC(=O)c2ccc(Cl)cc2F)CCN1.Cl. The molecule has 1 heterocycles. The number of hydrogen-bond donors (Lipinski definition) is 2. The Kier molecular flexibility index (Phi) is 6.04. The number of hydrogen-bond acceptors (Lipinski definition) is 2. The van der Waals surface area contributed by atoms with Crippen LogP contribution in [-0.4, -0.2) is 24.5 Å². The van der Waals surface area contributed by atoms with Gasteiger partial charge in [-0.3, -0.25) is 4.79 Å². The first-order valence-electron chi connectivity index (χ1n) is 6.05. The van der Waals surface area contributed by atoms with Gasteiger partial charge in [0.1, 0.15) is 5.82 Å². The molecule has 0 aromatic heterocycles. The summed E-state index contributed by atoms with van der Waals surface area (Å²) in [6.07, 6.45) is 1.73. The maximum Gasteiger partial charge on any atom is 0.254 e. The molecule has 0 saturated carbocycles. The van der Waals surface area contributed by atoms with Gasteiger partial charge in [0.05, 0.1) is 5.56 Å². The highest BCUT2D eigenvalue weighted by Gasteiger charge is 2.21. The van der Waals surface area contributed by atoms with Crippen LogP contribution in [0.3, 0.4) is 0 Å². The summed E-state index contributed by atoms with van der Waals surface area (Å²) >= 11 is 5.65. The highest BCUT2D eigenvalue weighted by Crippen LogP contribution is 2.15. The van der Waals surface area contributed by atoms with Crippen molar-refractivity contribution in [1.82, 2.24) is 10.6 Å². The molecule has 0 aliphatic carbocycles. The first-order valence-corrected chi connectivity index (χ1v) is 6.43. The van der Waals surface area contributed by atoms with E-state index in [1.54, 1.807) is 0 Å². The van der Waals surface area contributed by atoms with Gasteiger partial charge in [-0.15, -0.1) is 12.4 Å². The fourth-order valence-electron chi connectivity index (χ4n) is 2.20. The van der Waals surface area contributed by atoms with Crippen LogP contribution in [0.4, 0.5) is 4.39 Å². The van der Waals surface area contributed by atoms with Gasteiger partial charge < -0.3 is 10.6 Å². The lowest BCUT2D eigenvalue weighted by Crippen LogP contribution is -2.46. The molecule has 2 atom stereocenters. The first-order chi connectivity index (χ1) is 8.56. The molecule has 1 amide bonds. The van der Waals surface area contributed by atoms with E-state index >= 15 is 0 Å². The molecule has 3 nitrogen and oxygen atoms in total. The van der Waals surface area contributed by atoms with Crippen LogP contribution < -0.4 is 10.6 Å². The zero-order chi connectivity index (χ0) is 13.1. The minimum atomic E-state index is -0.581. The zero-order valence-corrected chi connectivity index (χ0v) is 12.2. The van der Waals surface area contributed by atoms with Crippen LogP contribution in [0.2, 0.25) is 5.02 Å². The molecule has 2 unspecified atom stereocenters. The molecule has 1 saturated heterocycles. The molecule has 106 valence electrons. The van der Waals surface area contributed by atoms with Gasteiger partial charge in [0, 0.05) is 17.1 Å². The molecule has 1 aliphatic rings. The van der Waals surface area contributed by atoms with Crippen LogP contribution in [0.25, 0.3) is 0 Å². The van der Waals surface area contributed by atoms with Gasteiger partial charge in [-0.1, -0.05) is 11.6 Å². The van der Waals surface area contributed by atoms with E-state index < -0.39 is 5.82 Å². The molecule has 1 aromatic rings. The largest absolute Gasteiger partial charge is 0.349 e. The van der Waals surface area contributed by atoms with Gasteiger partial charge in [-0.2, -0.15) is 0 Å². The second-order valence-corrected chi connectivity index (χ2v) is 5.11. The van der Waals surface area contributed by atoms with E-state index in [1.807, 2.05) is 0 Å².